The molecule has 2 heteroatoms. The second-order valence-corrected chi connectivity index (χ2v) is 6.61. The number of halogens is 2. The topological polar surface area (TPSA) is 0 Å². The van der Waals surface area contributed by atoms with Crippen molar-refractivity contribution in [1.82, 2.24) is 0 Å². The Morgan fingerprint density at radius 3 is 1.76 bits per heavy atom. The van der Waals surface area contributed by atoms with Gasteiger partial charge < -0.3 is 0 Å². The van der Waals surface area contributed by atoms with Crippen LogP contribution in [0.2, 0.25) is 0 Å². The zero-order valence-corrected chi connectivity index (χ0v) is 11.2. The minimum Gasteiger partial charge on any atom is -0.207 e. The first-order valence-corrected chi connectivity index (χ1v) is 7.36. The van der Waals surface area contributed by atoms with Crippen LogP contribution in [0.25, 0.3) is 0 Å². The summed E-state index contributed by atoms with van der Waals surface area (Å²) in [6.45, 7) is 4.62. The van der Waals surface area contributed by atoms with Crippen LogP contribution < -0.4 is 0 Å². The molecule has 0 aromatic rings. The zero-order valence-electron chi connectivity index (χ0n) is 11.2. The molecular weight excluding hydrogens is 218 g/mol. The van der Waals surface area contributed by atoms with Gasteiger partial charge in [-0.1, -0.05) is 13.8 Å². The van der Waals surface area contributed by atoms with Crippen LogP contribution in [0, 0.1) is 23.7 Å². The SMILES string of the molecule is CC(C)C1CCC(C2CCC(F)(F)CC2)CC1. The summed E-state index contributed by atoms with van der Waals surface area (Å²) < 4.78 is 26.2. The van der Waals surface area contributed by atoms with Gasteiger partial charge in [-0.2, -0.15) is 0 Å². The molecule has 0 spiro atoms. The second kappa shape index (κ2) is 5.24. The molecule has 0 amide bonds. The van der Waals surface area contributed by atoms with Crippen LogP contribution in [0.4, 0.5) is 8.78 Å². The summed E-state index contributed by atoms with van der Waals surface area (Å²) in [4.78, 5) is 0. The van der Waals surface area contributed by atoms with E-state index in [1.807, 2.05) is 0 Å². The van der Waals surface area contributed by atoms with Gasteiger partial charge in [0, 0.05) is 12.8 Å². The fraction of sp³-hybridized carbons (Fsp3) is 1.00. The number of alkyl halides is 2. The Labute approximate surface area is 104 Å². The molecule has 0 bridgehead atoms. The van der Waals surface area contributed by atoms with Crippen LogP contribution >= 0.6 is 0 Å². The lowest BCUT2D eigenvalue weighted by Gasteiger charge is -2.38. The number of rotatable bonds is 2. The number of hydrogen-bond acceptors (Lipinski definition) is 0. The summed E-state index contributed by atoms with van der Waals surface area (Å²) in [5, 5.41) is 0. The Bertz CT molecular complexity index is 229. The van der Waals surface area contributed by atoms with Crippen molar-refractivity contribution in [3.05, 3.63) is 0 Å². The van der Waals surface area contributed by atoms with Crippen molar-refractivity contribution < 1.29 is 8.78 Å². The average Bonchev–Trinajstić information content (AvgIpc) is 2.29. The van der Waals surface area contributed by atoms with Crippen LogP contribution in [0.15, 0.2) is 0 Å². The molecule has 0 saturated heterocycles. The molecule has 0 aromatic heterocycles. The van der Waals surface area contributed by atoms with Gasteiger partial charge >= 0.3 is 0 Å². The normalized spacial score (nSPS) is 35.1. The molecule has 0 radical (unpaired) electrons. The van der Waals surface area contributed by atoms with Crippen molar-refractivity contribution in [2.45, 2.75) is 71.1 Å². The van der Waals surface area contributed by atoms with E-state index in [2.05, 4.69) is 13.8 Å². The molecule has 0 N–H and O–H groups in total. The van der Waals surface area contributed by atoms with Gasteiger partial charge in [0.25, 0.3) is 0 Å². The van der Waals surface area contributed by atoms with E-state index in [9.17, 15) is 8.78 Å². The Balaban J connectivity index is 1.78. The lowest BCUT2D eigenvalue weighted by atomic mass is 9.69. The van der Waals surface area contributed by atoms with Crippen molar-refractivity contribution in [3.8, 4) is 0 Å². The lowest BCUT2D eigenvalue weighted by molar-refractivity contribution is -0.0553. The molecule has 2 rings (SSSR count). The van der Waals surface area contributed by atoms with Crippen molar-refractivity contribution in [3.63, 3.8) is 0 Å². The molecule has 2 aliphatic rings. The molecule has 0 atom stereocenters. The van der Waals surface area contributed by atoms with Crippen LogP contribution in [-0.4, -0.2) is 5.92 Å². The third-order valence-electron chi connectivity index (χ3n) is 5.19. The number of hydrogen-bond donors (Lipinski definition) is 0. The van der Waals surface area contributed by atoms with Gasteiger partial charge in [0.1, 0.15) is 0 Å². The molecule has 100 valence electrons. The summed E-state index contributed by atoms with van der Waals surface area (Å²) in [7, 11) is 0. The molecule has 2 aliphatic carbocycles. The summed E-state index contributed by atoms with van der Waals surface area (Å²) >= 11 is 0. The maximum absolute atomic E-state index is 13.1. The highest BCUT2D eigenvalue weighted by Gasteiger charge is 2.38. The van der Waals surface area contributed by atoms with Gasteiger partial charge in [-0.05, 0) is 62.2 Å². The molecule has 0 unspecified atom stereocenters. The molecule has 2 fully saturated rings. The van der Waals surface area contributed by atoms with Gasteiger partial charge in [-0.25, -0.2) is 8.78 Å². The Morgan fingerprint density at radius 2 is 1.29 bits per heavy atom. The molecule has 17 heavy (non-hydrogen) atoms. The van der Waals surface area contributed by atoms with Gasteiger partial charge in [0.2, 0.25) is 5.92 Å². The van der Waals surface area contributed by atoms with Crippen LogP contribution in [0.5, 0.6) is 0 Å². The van der Waals surface area contributed by atoms with E-state index in [1.54, 1.807) is 0 Å². The fourth-order valence-electron chi connectivity index (χ4n) is 3.82. The van der Waals surface area contributed by atoms with E-state index in [0.717, 1.165) is 30.6 Å². The molecular formula is C15H26F2. The molecule has 0 heterocycles. The molecule has 2 saturated carbocycles. The van der Waals surface area contributed by atoms with Gasteiger partial charge in [0.05, 0.1) is 0 Å². The average molecular weight is 244 g/mol. The van der Waals surface area contributed by atoms with Crippen LogP contribution in [-0.2, 0) is 0 Å². The van der Waals surface area contributed by atoms with E-state index in [-0.39, 0.29) is 12.8 Å². The molecule has 0 nitrogen and oxygen atoms in total. The van der Waals surface area contributed by atoms with Crippen LogP contribution in [0.3, 0.4) is 0 Å². The van der Waals surface area contributed by atoms with E-state index >= 15 is 0 Å². The first-order valence-electron chi connectivity index (χ1n) is 7.36. The first-order chi connectivity index (χ1) is 7.98. The maximum Gasteiger partial charge on any atom is 0.248 e. The minimum absolute atomic E-state index is 0.141. The monoisotopic (exact) mass is 244 g/mol. The van der Waals surface area contributed by atoms with E-state index in [4.69, 9.17) is 0 Å². The summed E-state index contributed by atoms with van der Waals surface area (Å²) in [6, 6.07) is 0. The highest BCUT2D eigenvalue weighted by molar-refractivity contribution is 4.84. The van der Waals surface area contributed by atoms with Crippen molar-refractivity contribution in [2.24, 2.45) is 23.7 Å². The summed E-state index contributed by atoms with van der Waals surface area (Å²) in [5.41, 5.74) is 0. The first kappa shape index (κ1) is 13.3. The van der Waals surface area contributed by atoms with Crippen molar-refractivity contribution >= 4 is 0 Å². The Kier molecular flexibility index (Phi) is 4.10. The predicted octanol–water partition coefficient (Wildman–Crippen LogP) is 5.27. The standard InChI is InChI=1S/C15H26F2/c1-11(2)12-3-5-13(6-4-12)14-7-9-15(16,17)10-8-14/h11-14H,3-10H2,1-2H3. The predicted molar refractivity (Wildman–Crippen MR) is 67.2 cm³/mol. The second-order valence-electron chi connectivity index (χ2n) is 6.61. The molecule has 0 aliphatic heterocycles. The highest BCUT2D eigenvalue weighted by Crippen LogP contribution is 2.44. The van der Waals surface area contributed by atoms with Crippen molar-refractivity contribution in [2.75, 3.05) is 0 Å². The maximum atomic E-state index is 13.1. The third-order valence-corrected chi connectivity index (χ3v) is 5.19. The van der Waals surface area contributed by atoms with Crippen molar-refractivity contribution in [1.29, 1.82) is 0 Å². The largest absolute Gasteiger partial charge is 0.248 e. The van der Waals surface area contributed by atoms with E-state index in [1.165, 1.54) is 25.7 Å². The quantitative estimate of drug-likeness (QED) is 0.620. The van der Waals surface area contributed by atoms with Gasteiger partial charge in [-0.15, -0.1) is 0 Å². The highest BCUT2D eigenvalue weighted by atomic mass is 19.3. The Morgan fingerprint density at radius 1 is 0.824 bits per heavy atom. The minimum atomic E-state index is -2.36. The summed E-state index contributed by atoms with van der Waals surface area (Å²) in [5.74, 6) is 0.679. The van der Waals surface area contributed by atoms with Gasteiger partial charge in [0.15, 0.2) is 0 Å². The van der Waals surface area contributed by atoms with Gasteiger partial charge in [-0.3, -0.25) is 0 Å². The lowest BCUT2D eigenvalue weighted by Crippen LogP contribution is -2.31. The summed E-state index contributed by atoms with van der Waals surface area (Å²) in [6.07, 6.45) is 7.06. The third kappa shape index (κ3) is 3.42. The smallest absolute Gasteiger partial charge is 0.207 e. The van der Waals surface area contributed by atoms with Crippen LogP contribution in [0.1, 0.15) is 65.2 Å². The molecule has 0 aromatic carbocycles. The zero-order chi connectivity index (χ0) is 12.5. The Hall–Kier alpha value is -0.140. The fourth-order valence-corrected chi connectivity index (χ4v) is 3.82. The van der Waals surface area contributed by atoms with E-state index < -0.39 is 5.92 Å². The van der Waals surface area contributed by atoms with E-state index in [0.29, 0.717) is 5.92 Å².